The number of esters is 2. The number of benzene rings is 4. The van der Waals surface area contributed by atoms with Crippen molar-refractivity contribution in [1.29, 1.82) is 0 Å². The first-order chi connectivity index (χ1) is 22.4. The lowest BCUT2D eigenvalue weighted by atomic mass is 10.1. The van der Waals surface area contributed by atoms with E-state index in [-0.39, 0.29) is 12.8 Å². The van der Waals surface area contributed by atoms with Crippen LogP contribution in [-0.2, 0) is 19.1 Å². The molecular weight excluding hydrogens is 621 g/mol. The molecule has 2 aromatic heterocycles. The Bertz CT molecular complexity index is 1770. The van der Waals surface area contributed by atoms with Crippen LogP contribution < -0.4 is 20.9 Å². The molecule has 2 unspecified atom stereocenters. The van der Waals surface area contributed by atoms with Gasteiger partial charge in [-0.25, -0.2) is 9.59 Å². The fraction of sp³-hybridized carbons (Fsp3) is 0.167. The molecule has 6 aromatic rings. The minimum atomic E-state index is -1.24. The number of ether oxygens (including phenoxy) is 4. The van der Waals surface area contributed by atoms with Gasteiger partial charge in [-0.3, -0.25) is 11.5 Å². The number of hydrogen-bond donors (Lipinski definition) is 2. The first kappa shape index (κ1) is 31.3. The van der Waals surface area contributed by atoms with E-state index in [1.54, 1.807) is 22.7 Å². The molecule has 0 aliphatic rings. The number of thiophene rings is 2. The summed E-state index contributed by atoms with van der Waals surface area (Å²) in [6.07, 6.45) is -3.23. The van der Waals surface area contributed by atoms with Gasteiger partial charge < -0.3 is 18.9 Å². The molecule has 4 atom stereocenters. The minimum Gasteiger partial charge on any atom is -0.484 e. The molecule has 0 bridgehead atoms. The fourth-order valence-corrected chi connectivity index (χ4v) is 6.86. The molecule has 4 aromatic carbocycles. The van der Waals surface area contributed by atoms with Crippen molar-refractivity contribution >= 4 is 54.8 Å². The first-order valence-corrected chi connectivity index (χ1v) is 16.5. The molecule has 6 rings (SSSR count). The maximum Gasteiger partial charge on any atom is 0.419 e. The van der Waals surface area contributed by atoms with Gasteiger partial charge in [0.05, 0.1) is 9.40 Å². The van der Waals surface area contributed by atoms with Gasteiger partial charge in [-0.2, -0.15) is 0 Å². The van der Waals surface area contributed by atoms with Crippen molar-refractivity contribution in [3.63, 3.8) is 0 Å². The predicted octanol–water partition coefficient (Wildman–Crippen LogP) is 7.49. The molecule has 0 fully saturated rings. The molecule has 46 heavy (non-hydrogen) atoms. The van der Waals surface area contributed by atoms with Crippen LogP contribution in [0, 0.1) is 0 Å². The van der Waals surface area contributed by atoms with Crippen LogP contribution in [0.2, 0.25) is 0 Å². The van der Waals surface area contributed by atoms with Crippen LogP contribution in [-0.4, -0.2) is 24.4 Å². The van der Waals surface area contributed by atoms with E-state index in [9.17, 15) is 9.59 Å². The third-order valence-corrected chi connectivity index (χ3v) is 9.23. The lowest BCUT2D eigenvalue weighted by Gasteiger charge is -2.24. The van der Waals surface area contributed by atoms with Crippen molar-refractivity contribution in [2.24, 2.45) is 11.5 Å². The second-order valence-corrected chi connectivity index (χ2v) is 12.4. The summed E-state index contributed by atoms with van der Waals surface area (Å²) < 4.78 is 25.4. The van der Waals surface area contributed by atoms with Crippen LogP contribution >= 0.6 is 22.7 Å². The van der Waals surface area contributed by atoms with Gasteiger partial charge in [-0.15, -0.1) is 22.7 Å². The van der Waals surface area contributed by atoms with Gasteiger partial charge in [0.25, 0.3) is 0 Å². The topological polar surface area (TPSA) is 123 Å². The van der Waals surface area contributed by atoms with Gasteiger partial charge in [0.1, 0.15) is 23.7 Å². The van der Waals surface area contributed by atoms with E-state index in [0.717, 1.165) is 31.3 Å². The van der Waals surface area contributed by atoms with Crippen LogP contribution in [0.1, 0.15) is 36.2 Å². The molecule has 4 N–H and O–H groups in total. The standard InChI is InChI=1S/C36H32N2O6S2/c37-31(21-29(23-9-3-1-4-10-23)41-27-15-7-13-25-17-19-45-33(25)27)43-35(39)36(40)44-32(38)22-30(24-11-5-2-6-12-24)42-28-16-8-14-26-18-20-46-34(26)28/h1-20,29-32H,21-22,37-38H2/t29-,30-,31?,32?/m1/s1. The number of hydrogen-bond acceptors (Lipinski definition) is 10. The summed E-state index contributed by atoms with van der Waals surface area (Å²) in [6, 6.07) is 34.7. The zero-order chi connectivity index (χ0) is 31.9. The monoisotopic (exact) mass is 652 g/mol. The highest BCUT2D eigenvalue weighted by Crippen LogP contribution is 2.36. The second-order valence-electron chi connectivity index (χ2n) is 10.6. The van der Waals surface area contributed by atoms with Crippen molar-refractivity contribution in [3.05, 3.63) is 131 Å². The Kier molecular flexibility index (Phi) is 9.90. The van der Waals surface area contributed by atoms with Gasteiger partial charge in [-0.1, -0.05) is 84.9 Å². The average molecular weight is 653 g/mol. The Labute approximate surface area is 274 Å². The Morgan fingerprint density at radius 1 is 0.543 bits per heavy atom. The largest absolute Gasteiger partial charge is 0.484 e. The normalized spacial score (nSPS) is 13.9. The minimum absolute atomic E-state index is 0.0923. The third kappa shape index (κ3) is 7.55. The molecule has 2 heterocycles. The summed E-state index contributed by atoms with van der Waals surface area (Å²) in [4.78, 5) is 25.5. The Morgan fingerprint density at radius 3 is 1.37 bits per heavy atom. The van der Waals surface area contributed by atoms with Gasteiger partial charge >= 0.3 is 11.9 Å². The molecule has 0 spiro atoms. The predicted molar refractivity (Wildman–Crippen MR) is 181 cm³/mol. The SMILES string of the molecule is NC(C[C@@H](Oc1cccc2ccsc12)c1ccccc1)OC(=O)C(=O)OC(N)C[C@@H](Oc1cccc2ccsc12)c1ccccc1. The Hall–Kier alpha value is -4.74. The number of carbonyl (C=O) groups excluding carboxylic acids is 2. The van der Waals surface area contributed by atoms with Crippen LogP contribution in [0.3, 0.4) is 0 Å². The highest BCUT2D eigenvalue weighted by molar-refractivity contribution is 7.17. The Balaban J connectivity index is 1.09. The second kappa shape index (κ2) is 14.6. The van der Waals surface area contributed by atoms with E-state index in [1.807, 2.05) is 120 Å². The van der Waals surface area contributed by atoms with Crippen molar-refractivity contribution in [3.8, 4) is 11.5 Å². The average Bonchev–Trinajstić information content (AvgIpc) is 3.76. The number of nitrogens with two attached hydrogens (primary N) is 2. The van der Waals surface area contributed by atoms with Crippen LogP contribution in [0.15, 0.2) is 120 Å². The van der Waals surface area contributed by atoms with Crippen LogP contribution in [0.25, 0.3) is 20.2 Å². The van der Waals surface area contributed by atoms with E-state index in [2.05, 4.69) is 0 Å². The molecule has 0 aliphatic heterocycles. The maximum atomic E-state index is 12.8. The quantitative estimate of drug-likeness (QED) is 0.0792. The molecule has 0 aliphatic carbocycles. The van der Waals surface area contributed by atoms with E-state index in [4.69, 9.17) is 30.4 Å². The summed E-state index contributed by atoms with van der Waals surface area (Å²) in [7, 11) is 0. The van der Waals surface area contributed by atoms with Gasteiger partial charge in [0.2, 0.25) is 0 Å². The molecular formula is C36H32N2O6S2. The summed E-state index contributed by atoms with van der Waals surface area (Å²) in [5.74, 6) is -1.10. The van der Waals surface area contributed by atoms with Crippen molar-refractivity contribution in [2.45, 2.75) is 37.5 Å². The van der Waals surface area contributed by atoms with E-state index >= 15 is 0 Å². The number of carbonyl (C=O) groups is 2. The lowest BCUT2D eigenvalue weighted by molar-refractivity contribution is -0.175. The lowest BCUT2D eigenvalue weighted by Crippen LogP contribution is -2.37. The fourth-order valence-electron chi connectivity index (χ4n) is 5.15. The van der Waals surface area contributed by atoms with Gasteiger partial charge in [0, 0.05) is 12.8 Å². The van der Waals surface area contributed by atoms with Gasteiger partial charge in [-0.05, 0) is 56.9 Å². The molecule has 0 radical (unpaired) electrons. The summed E-state index contributed by atoms with van der Waals surface area (Å²) in [5.41, 5.74) is 14.1. The van der Waals surface area contributed by atoms with Gasteiger partial charge in [0.15, 0.2) is 12.5 Å². The number of fused-ring (bicyclic) bond motifs is 2. The summed E-state index contributed by atoms with van der Waals surface area (Å²) in [5, 5.41) is 6.12. The highest BCUT2D eigenvalue weighted by Gasteiger charge is 2.28. The molecule has 8 nitrogen and oxygen atoms in total. The smallest absolute Gasteiger partial charge is 0.419 e. The van der Waals surface area contributed by atoms with Crippen LogP contribution in [0.5, 0.6) is 11.5 Å². The van der Waals surface area contributed by atoms with Crippen molar-refractivity contribution in [2.75, 3.05) is 0 Å². The highest BCUT2D eigenvalue weighted by atomic mass is 32.1. The maximum absolute atomic E-state index is 12.8. The molecule has 0 saturated heterocycles. The molecule has 0 saturated carbocycles. The summed E-state index contributed by atoms with van der Waals surface area (Å²) in [6.45, 7) is 0. The zero-order valence-corrected chi connectivity index (χ0v) is 26.3. The third-order valence-electron chi connectivity index (χ3n) is 7.34. The first-order valence-electron chi connectivity index (χ1n) is 14.7. The van der Waals surface area contributed by atoms with E-state index < -0.39 is 36.6 Å². The zero-order valence-electron chi connectivity index (χ0n) is 24.7. The van der Waals surface area contributed by atoms with Crippen LogP contribution in [0.4, 0.5) is 0 Å². The Morgan fingerprint density at radius 2 is 0.957 bits per heavy atom. The van der Waals surface area contributed by atoms with E-state index in [1.165, 1.54) is 0 Å². The molecule has 234 valence electrons. The molecule has 10 heteroatoms. The summed E-state index contributed by atoms with van der Waals surface area (Å²) >= 11 is 3.14. The van der Waals surface area contributed by atoms with E-state index in [0.29, 0.717) is 11.5 Å². The number of rotatable bonds is 12. The van der Waals surface area contributed by atoms with Crippen molar-refractivity contribution < 1.29 is 28.5 Å². The molecule has 0 amide bonds. The van der Waals surface area contributed by atoms with Crippen molar-refractivity contribution in [1.82, 2.24) is 0 Å².